The highest BCUT2D eigenvalue weighted by molar-refractivity contribution is 9.10. The average molecular weight is 520 g/mol. The minimum Gasteiger partial charge on any atom is -0.457 e. The molecule has 0 spiro atoms. The van der Waals surface area contributed by atoms with Crippen molar-refractivity contribution in [3.8, 4) is 11.5 Å². The van der Waals surface area contributed by atoms with E-state index in [-0.39, 0.29) is 0 Å². The van der Waals surface area contributed by atoms with Crippen LogP contribution in [0.5, 0.6) is 11.5 Å². The maximum absolute atomic E-state index is 13.5. The SMILES string of the molecule is NC(=O)C1(C(=O)N(c2ccc(F)cc2)c2ccc(Oc3ccnc4cc(Br)ccc34)cc2)CC1. The first-order valence-electron chi connectivity index (χ1n) is 10.6. The first-order valence-corrected chi connectivity index (χ1v) is 11.4. The highest BCUT2D eigenvalue weighted by Crippen LogP contribution is 2.49. The molecular weight excluding hydrogens is 501 g/mol. The maximum Gasteiger partial charge on any atom is 0.247 e. The number of nitrogens with two attached hydrogens (primary N) is 1. The molecule has 3 aromatic carbocycles. The number of anilines is 2. The first-order chi connectivity index (χ1) is 16.4. The Morgan fingerprint density at radius 2 is 1.62 bits per heavy atom. The van der Waals surface area contributed by atoms with Gasteiger partial charge in [-0.2, -0.15) is 0 Å². The number of ether oxygens (including phenoxy) is 1. The number of primary amides is 1. The summed E-state index contributed by atoms with van der Waals surface area (Å²) in [5, 5.41) is 0.857. The van der Waals surface area contributed by atoms with Crippen LogP contribution in [0.15, 0.2) is 83.5 Å². The van der Waals surface area contributed by atoms with Gasteiger partial charge in [-0.15, -0.1) is 0 Å². The number of nitrogens with zero attached hydrogens (tertiary/aromatic N) is 2. The number of halogens is 2. The Morgan fingerprint density at radius 1 is 0.971 bits per heavy atom. The van der Waals surface area contributed by atoms with Crippen molar-refractivity contribution in [1.29, 1.82) is 0 Å². The zero-order valence-corrected chi connectivity index (χ0v) is 19.5. The molecule has 0 unspecified atom stereocenters. The largest absolute Gasteiger partial charge is 0.457 e. The van der Waals surface area contributed by atoms with Crippen molar-refractivity contribution in [3.63, 3.8) is 0 Å². The molecule has 0 radical (unpaired) electrons. The van der Waals surface area contributed by atoms with Crippen molar-refractivity contribution in [3.05, 3.63) is 89.3 Å². The van der Waals surface area contributed by atoms with Crippen LogP contribution < -0.4 is 15.4 Å². The number of rotatable bonds is 6. The summed E-state index contributed by atoms with van der Waals surface area (Å²) >= 11 is 3.44. The molecule has 6 nitrogen and oxygen atoms in total. The van der Waals surface area contributed by atoms with Crippen molar-refractivity contribution in [2.75, 3.05) is 4.90 Å². The van der Waals surface area contributed by atoms with Crippen LogP contribution in [-0.4, -0.2) is 16.8 Å². The summed E-state index contributed by atoms with van der Waals surface area (Å²) in [6.45, 7) is 0. The van der Waals surface area contributed by atoms with Crippen molar-refractivity contribution in [2.45, 2.75) is 12.8 Å². The predicted octanol–water partition coefficient (Wildman–Crippen LogP) is 5.86. The molecule has 5 rings (SSSR count). The van der Waals surface area contributed by atoms with Gasteiger partial charge in [0.25, 0.3) is 0 Å². The number of carbonyl (C=O) groups is 2. The van der Waals surface area contributed by atoms with Gasteiger partial charge in [0.2, 0.25) is 11.8 Å². The zero-order chi connectivity index (χ0) is 23.9. The van der Waals surface area contributed by atoms with E-state index in [0.717, 1.165) is 15.4 Å². The van der Waals surface area contributed by atoms with Crippen LogP contribution in [0.4, 0.5) is 15.8 Å². The van der Waals surface area contributed by atoms with Gasteiger partial charge < -0.3 is 10.5 Å². The lowest BCUT2D eigenvalue weighted by Crippen LogP contribution is -2.41. The van der Waals surface area contributed by atoms with Crippen molar-refractivity contribution < 1.29 is 18.7 Å². The number of pyridine rings is 1. The third-order valence-corrected chi connectivity index (χ3v) is 6.40. The Hall–Kier alpha value is -3.78. The summed E-state index contributed by atoms with van der Waals surface area (Å²) in [5.41, 5.74) is 6.06. The van der Waals surface area contributed by atoms with E-state index in [1.807, 2.05) is 18.2 Å². The van der Waals surface area contributed by atoms with Gasteiger partial charge in [0.05, 0.1) is 5.52 Å². The fourth-order valence-electron chi connectivity index (χ4n) is 3.85. The molecule has 1 fully saturated rings. The van der Waals surface area contributed by atoms with Crippen LogP contribution in [0.1, 0.15) is 12.8 Å². The van der Waals surface area contributed by atoms with Gasteiger partial charge in [-0.3, -0.25) is 19.5 Å². The summed E-state index contributed by atoms with van der Waals surface area (Å²) in [7, 11) is 0. The average Bonchev–Trinajstić information content (AvgIpc) is 3.64. The highest BCUT2D eigenvalue weighted by Gasteiger charge is 2.57. The smallest absolute Gasteiger partial charge is 0.247 e. The molecule has 1 saturated carbocycles. The topological polar surface area (TPSA) is 85.5 Å². The Bertz CT molecular complexity index is 1400. The van der Waals surface area contributed by atoms with E-state index in [1.54, 1.807) is 36.5 Å². The molecule has 34 heavy (non-hydrogen) atoms. The lowest BCUT2D eigenvalue weighted by Gasteiger charge is -2.26. The molecule has 1 heterocycles. The van der Waals surface area contributed by atoms with E-state index in [1.165, 1.54) is 29.2 Å². The van der Waals surface area contributed by atoms with Crippen LogP contribution in [0, 0.1) is 11.2 Å². The first kappa shape index (κ1) is 22.0. The molecule has 2 amide bonds. The van der Waals surface area contributed by atoms with Gasteiger partial charge in [-0.25, -0.2) is 4.39 Å². The predicted molar refractivity (Wildman–Crippen MR) is 130 cm³/mol. The highest BCUT2D eigenvalue weighted by atomic mass is 79.9. The zero-order valence-electron chi connectivity index (χ0n) is 17.9. The van der Waals surface area contributed by atoms with E-state index in [2.05, 4.69) is 20.9 Å². The lowest BCUT2D eigenvalue weighted by atomic mass is 10.0. The number of benzene rings is 3. The lowest BCUT2D eigenvalue weighted by molar-refractivity contribution is -0.133. The Kier molecular flexibility index (Phi) is 5.53. The summed E-state index contributed by atoms with van der Waals surface area (Å²) in [6, 6.07) is 19.9. The number of aromatic nitrogens is 1. The summed E-state index contributed by atoms with van der Waals surface area (Å²) in [4.78, 5) is 31.2. The number of amides is 2. The number of hydrogen-bond donors (Lipinski definition) is 1. The van der Waals surface area contributed by atoms with Crippen LogP contribution in [0.25, 0.3) is 10.9 Å². The summed E-state index contributed by atoms with van der Waals surface area (Å²) < 4.78 is 20.5. The van der Waals surface area contributed by atoms with Gasteiger partial charge in [-0.05, 0) is 85.6 Å². The normalized spacial score (nSPS) is 13.9. The summed E-state index contributed by atoms with van der Waals surface area (Å²) in [5.74, 6) is -0.302. The fourth-order valence-corrected chi connectivity index (χ4v) is 4.20. The molecule has 1 aromatic heterocycles. The van der Waals surface area contributed by atoms with Crippen molar-refractivity contribution >= 4 is 50.0 Å². The molecule has 0 aliphatic heterocycles. The van der Waals surface area contributed by atoms with Gasteiger partial charge in [0, 0.05) is 27.4 Å². The van der Waals surface area contributed by atoms with Crippen molar-refractivity contribution in [2.24, 2.45) is 11.1 Å². The van der Waals surface area contributed by atoms with Gasteiger partial charge in [0.15, 0.2) is 0 Å². The van der Waals surface area contributed by atoms with E-state index in [4.69, 9.17) is 10.5 Å². The fraction of sp³-hybridized carbons (Fsp3) is 0.115. The van der Waals surface area contributed by atoms with E-state index in [0.29, 0.717) is 35.7 Å². The second-order valence-corrected chi connectivity index (χ2v) is 9.05. The van der Waals surface area contributed by atoms with Crippen molar-refractivity contribution in [1.82, 2.24) is 4.98 Å². The molecule has 8 heteroatoms. The van der Waals surface area contributed by atoms with E-state index < -0.39 is 23.0 Å². The third kappa shape index (κ3) is 4.01. The minimum atomic E-state index is -1.23. The Labute approximate surface area is 203 Å². The number of hydrogen-bond acceptors (Lipinski definition) is 4. The third-order valence-electron chi connectivity index (χ3n) is 5.91. The molecule has 2 N–H and O–H groups in total. The molecule has 0 bridgehead atoms. The van der Waals surface area contributed by atoms with Gasteiger partial charge in [0.1, 0.15) is 22.7 Å². The second-order valence-electron chi connectivity index (χ2n) is 8.13. The van der Waals surface area contributed by atoms with E-state index >= 15 is 0 Å². The van der Waals surface area contributed by atoms with Crippen LogP contribution >= 0.6 is 15.9 Å². The van der Waals surface area contributed by atoms with Crippen LogP contribution in [0.3, 0.4) is 0 Å². The molecule has 0 saturated heterocycles. The number of carbonyl (C=O) groups excluding carboxylic acids is 2. The second kappa shape index (κ2) is 8.53. The Balaban J connectivity index is 1.48. The minimum absolute atomic E-state index is 0.394. The molecule has 0 atom stereocenters. The molecular formula is C26H19BrFN3O3. The monoisotopic (exact) mass is 519 g/mol. The van der Waals surface area contributed by atoms with Gasteiger partial charge in [-0.1, -0.05) is 15.9 Å². The molecule has 170 valence electrons. The molecule has 1 aliphatic rings. The van der Waals surface area contributed by atoms with E-state index in [9.17, 15) is 14.0 Å². The van der Waals surface area contributed by atoms with Crippen LogP contribution in [0.2, 0.25) is 0 Å². The quantitative estimate of drug-likeness (QED) is 0.323. The standard InChI is InChI=1S/C26H19BrFN3O3/c27-16-1-10-21-22(15-16)30-14-11-23(21)34-20-8-6-19(7-9-20)31(18-4-2-17(28)3-5-18)25(33)26(12-13-26)24(29)32/h1-11,14-15H,12-13H2,(H2,29,32). The molecule has 4 aromatic rings. The van der Waals surface area contributed by atoms with Gasteiger partial charge >= 0.3 is 0 Å². The number of fused-ring (bicyclic) bond motifs is 1. The molecule has 1 aliphatic carbocycles. The summed E-state index contributed by atoms with van der Waals surface area (Å²) in [6.07, 6.45) is 2.46. The maximum atomic E-state index is 13.5. The Morgan fingerprint density at radius 3 is 2.24 bits per heavy atom. The van der Waals surface area contributed by atoms with Crippen LogP contribution in [-0.2, 0) is 9.59 Å².